The second kappa shape index (κ2) is 4.84. The highest BCUT2D eigenvalue weighted by Crippen LogP contribution is 2.38. The molecule has 0 atom stereocenters. The Kier molecular flexibility index (Phi) is 3.43. The van der Waals surface area contributed by atoms with Crippen molar-refractivity contribution < 1.29 is 14.3 Å². The van der Waals surface area contributed by atoms with Gasteiger partial charge < -0.3 is 9.47 Å². The Bertz CT molecular complexity index is 407. The molecule has 17 heavy (non-hydrogen) atoms. The fourth-order valence-electron chi connectivity index (χ4n) is 2.10. The number of nitrogens with zero attached hydrogens (tertiary/aromatic N) is 1. The van der Waals surface area contributed by atoms with Gasteiger partial charge in [0.1, 0.15) is 5.75 Å². The number of aromatic nitrogens is 1. The van der Waals surface area contributed by atoms with Crippen LogP contribution in [0.25, 0.3) is 0 Å². The lowest BCUT2D eigenvalue weighted by atomic mass is 9.76. The molecule has 1 fully saturated rings. The number of hydrogen-bond donors (Lipinski definition) is 0. The number of pyridine rings is 1. The normalized spacial score (nSPS) is 17.3. The number of ether oxygens (including phenoxy) is 2. The van der Waals surface area contributed by atoms with Crippen LogP contribution in [0.3, 0.4) is 0 Å². The molecule has 0 saturated heterocycles. The van der Waals surface area contributed by atoms with Gasteiger partial charge in [-0.2, -0.15) is 0 Å². The topological polar surface area (TPSA) is 48.4 Å². The summed E-state index contributed by atoms with van der Waals surface area (Å²) in [6.45, 7) is 0. The van der Waals surface area contributed by atoms with E-state index in [1.165, 1.54) is 0 Å². The van der Waals surface area contributed by atoms with Gasteiger partial charge in [-0.05, 0) is 25.3 Å². The number of rotatable bonds is 5. The molecule has 0 N–H and O–H groups in total. The molecule has 0 spiro atoms. The molecule has 1 aromatic heterocycles. The molecule has 4 nitrogen and oxygen atoms in total. The largest absolute Gasteiger partial charge is 0.495 e. The van der Waals surface area contributed by atoms with E-state index in [9.17, 15) is 4.79 Å². The molecule has 2 rings (SSSR count). The van der Waals surface area contributed by atoms with Crippen LogP contribution in [0.1, 0.15) is 36.0 Å². The van der Waals surface area contributed by atoms with Crippen LogP contribution in [0.5, 0.6) is 5.75 Å². The summed E-state index contributed by atoms with van der Waals surface area (Å²) < 4.78 is 10.5. The summed E-state index contributed by atoms with van der Waals surface area (Å²) in [6.07, 6.45) is 6.66. The lowest BCUT2D eigenvalue weighted by Gasteiger charge is -2.40. The van der Waals surface area contributed by atoms with Crippen molar-refractivity contribution >= 4 is 5.78 Å². The monoisotopic (exact) mass is 235 g/mol. The predicted molar refractivity (Wildman–Crippen MR) is 63.3 cm³/mol. The lowest BCUT2D eigenvalue weighted by Crippen LogP contribution is -2.41. The summed E-state index contributed by atoms with van der Waals surface area (Å²) in [5, 5.41) is 0. The van der Waals surface area contributed by atoms with Crippen molar-refractivity contribution in [3.63, 3.8) is 0 Å². The highest BCUT2D eigenvalue weighted by atomic mass is 16.5. The van der Waals surface area contributed by atoms with Gasteiger partial charge in [0.05, 0.1) is 18.9 Å². The standard InChI is InChI=1S/C13H17NO3/c1-16-11-6-10(8-14-9-11)12(15)7-13(17-2)4-3-5-13/h6,8-9H,3-5,7H2,1-2H3. The summed E-state index contributed by atoms with van der Waals surface area (Å²) in [5.41, 5.74) is 0.354. The summed E-state index contributed by atoms with van der Waals surface area (Å²) >= 11 is 0. The number of carbonyl (C=O) groups is 1. The Hall–Kier alpha value is -1.42. The molecule has 4 heteroatoms. The summed E-state index contributed by atoms with van der Waals surface area (Å²) in [5.74, 6) is 0.675. The SMILES string of the molecule is COc1cncc(C(=O)CC2(OC)CCC2)c1. The first-order valence-corrected chi connectivity index (χ1v) is 5.76. The Morgan fingerprint density at radius 1 is 1.41 bits per heavy atom. The van der Waals surface area contributed by atoms with Crippen LogP contribution in [0.2, 0.25) is 0 Å². The van der Waals surface area contributed by atoms with E-state index >= 15 is 0 Å². The van der Waals surface area contributed by atoms with Crippen LogP contribution in [-0.4, -0.2) is 30.6 Å². The van der Waals surface area contributed by atoms with E-state index in [0.717, 1.165) is 19.3 Å². The second-order valence-corrected chi connectivity index (χ2v) is 4.45. The van der Waals surface area contributed by atoms with Crippen LogP contribution in [-0.2, 0) is 4.74 Å². The molecule has 0 unspecified atom stereocenters. The van der Waals surface area contributed by atoms with Crippen molar-refractivity contribution in [3.8, 4) is 5.75 Å². The van der Waals surface area contributed by atoms with Gasteiger partial charge >= 0.3 is 0 Å². The highest BCUT2D eigenvalue weighted by molar-refractivity contribution is 5.96. The average Bonchev–Trinajstić information content (AvgIpc) is 2.33. The maximum atomic E-state index is 12.1. The zero-order chi connectivity index (χ0) is 12.3. The number of hydrogen-bond acceptors (Lipinski definition) is 4. The van der Waals surface area contributed by atoms with Crippen molar-refractivity contribution in [2.75, 3.05) is 14.2 Å². The summed E-state index contributed by atoms with van der Waals surface area (Å²) in [4.78, 5) is 16.1. The van der Waals surface area contributed by atoms with Gasteiger partial charge in [0, 0.05) is 25.3 Å². The molecular weight excluding hydrogens is 218 g/mol. The zero-order valence-corrected chi connectivity index (χ0v) is 10.2. The predicted octanol–water partition coefficient (Wildman–Crippen LogP) is 2.23. The molecule has 1 aliphatic rings. The van der Waals surface area contributed by atoms with Crippen molar-refractivity contribution in [2.24, 2.45) is 0 Å². The molecule has 0 aliphatic heterocycles. The van der Waals surface area contributed by atoms with Gasteiger partial charge in [0.15, 0.2) is 5.78 Å². The Balaban J connectivity index is 2.08. The molecule has 1 heterocycles. The van der Waals surface area contributed by atoms with E-state index in [4.69, 9.17) is 9.47 Å². The Morgan fingerprint density at radius 2 is 2.18 bits per heavy atom. The van der Waals surface area contributed by atoms with Gasteiger partial charge in [-0.25, -0.2) is 0 Å². The van der Waals surface area contributed by atoms with Crippen molar-refractivity contribution in [1.29, 1.82) is 0 Å². The van der Waals surface area contributed by atoms with Crippen LogP contribution in [0.15, 0.2) is 18.5 Å². The van der Waals surface area contributed by atoms with Gasteiger partial charge in [-0.1, -0.05) is 0 Å². The van der Waals surface area contributed by atoms with Gasteiger partial charge in [0.25, 0.3) is 0 Å². The molecule has 1 aliphatic carbocycles. The fourth-order valence-corrected chi connectivity index (χ4v) is 2.10. The first-order chi connectivity index (χ1) is 8.19. The smallest absolute Gasteiger partial charge is 0.167 e. The quantitative estimate of drug-likeness (QED) is 0.734. The first kappa shape index (κ1) is 12.0. The third kappa shape index (κ3) is 2.47. The summed E-state index contributed by atoms with van der Waals surface area (Å²) in [6, 6.07) is 1.72. The summed E-state index contributed by atoms with van der Waals surface area (Å²) in [7, 11) is 3.24. The van der Waals surface area contributed by atoms with Crippen LogP contribution >= 0.6 is 0 Å². The molecule has 0 amide bonds. The third-order valence-electron chi connectivity index (χ3n) is 3.45. The number of carbonyl (C=O) groups excluding carboxylic acids is 1. The second-order valence-electron chi connectivity index (χ2n) is 4.45. The van der Waals surface area contributed by atoms with E-state index in [1.807, 2.05) is 0 Å². The third-order valence-corrected chi connectivity index (χ3v) is 3.45. The average molecular weight is 235 g/mol. The Morgan fingerprint density at radius 3 is 2.71 bits per heavy atom. The van der Waals surface area contributed by atoms with Crippen molar-refractivity contribution in [1.82, 2.24) is 4.98 Å². The van der Waals surface area contributed by atoms with Crippen LogP contribution < -0.4 is 4.74 Å². The molecule has 92 valence electrons. The number of methoxy groups -OCH3 is 2. The molecule has 0 bridgehead atoms. The molecule has 1 aromatic rings. The minimum absolute atomic E-state index is 0.0675. The van der Waals surface area contributed by atoms with Crippen molar-refractivity contribution in [2.45, 2.75) is 31.3 Å². The van der Waals surface area contributed by atoms with Crippen LogP contribution in [0.4, 0.5) is 0 Å². The molecule has 0 aromatic carbocycles. The lowest BCUT2D eigenvalue weighted by molar-refractivity contribution is -0.0704. The molecule has 0 radical (unpaired) electrons. The first-order valence-electron chi connectivity index (χ1n) is 5.76. The van der Waals surface area contributed by atoms with Gasteiger partial charge in [-0.3, -0.25) is 9.78 Å². The number of ketones is 1. The van der Waals surface area contributed by atoms with Crippen LogP contribution in [0, 0.1) is 0 Å². The van der Waals surface area contributed by atoms with Gasteiger partial charge in [0.2, 0.25) is 0 Å². The van der Waals surface area contributed by atoms with E-state index < -0.39 is 0 Å². The maximum Gasteiger partial charge on any atom is 0.167 e. The van der Waals surface area contributed by atoms with E-state index in [2.05, 4.69) is 4.98 Å². The minimum atomic E-state index is -0.236. The zero-order valence-electron chi connectivity index (χ0n) is 10.2. The molecular formula is C13H17NO3. The molecule has 1 saturated carbocycles. The Labute approximate surface area is 101 Å². The highest BCUT2D eigenvalue weighted by Gasteiger charge is 2.39. The van der Waals surface area contributed by atoms with E-state index in [0.29, 0.717) is 17.7 Å². The minimum Gasteiger partial charge on any atom is -0.495 e. The van der Waals surface area contributed by atoms with E-state index in [-0.39, 0.29) is 11.4 Å². The number of Topliss-reactive ketones (excluding diaryl/α,β-unsaturated/α-hetero) is 1. The van der Waals surface area contributed by atoms with E-state index in [1.54, 1.807) is 32.7 Å². The van der Waals surface area contributed by atoms with Crippen molar-refractivity contribution in [3.05, 3.63) is 24.0 Å². The van der Waals surface area contributed by atoms with Gasteiger partial charge in [-0.15, -0.1) is 0 Å². The maximum absolute atomic E-state index is 12.1. The fraction of sp³-hybridized carbons (Fsp3) is 0.538.